The topological polar surface area (TPSA) is 135 Å². The number of nitrogens with two attached hydrogens (primary N) is 2. The molecule has 0 unspecified atom stereocenters. The molecular weight excluding hydrogens is 427 g/mol. The molecule has 10 heteroatoms. The second kappa shape index (κ2) is 11.8. The lowest BCUT2D eigenvalue weighted by atomic mass is 10.0. The van der Waals surface area contributed by atoms with Gasteiger partial charge in [0.05, 0.1) is 11.4 Å². The summed E-state index contributed by atoms with van der Waals surface area (Å²) in [5, 5.41) is 9.40. The van der Waals surface area contributed by atoms with Crippen molar-refractivity contribution in [3.05, 3.63) is 69.7 Å². The van der Waals surface area contributed by atoms with Crippen LogP contribution in [0.25, 0.3) is 0 Å². The quantitative estimate of drug-likeness (QED) is 0.262. The number of rotatable bonds is 9. The lowest BCUT2D eigenvalue weighted by Gasteiger charge is -2.09. The molecule has 2 aromatic carbocycles. The van der Waals surface area contributed by atoms with Crippen molar-refractivity contribution in [1.29, 1.82) is 0 Å². The van der Waals surface area contributed by atoms with Crippen molar-refractivity contribution in [3.8, 4) is 0 Å². The largest absolute Gasteiger partial charge is 0.350 e. The third kappa shape index (κ3) is 8.10. The second-order valence-corrected chi connectivity index (χ2v) is 7.16. The van der Waals surface area contributed by atoms with Crippen LogP contribution in [0.5, 0.6) is 0 Å². The zero-order valence-electron chi connectivity index (χ0n) is 16.1. The molecule has 4 amide bonds. The van der Waals surface area contributed by atoms with Crippen LogP contribution in [0.2, 0.25) is 10.0 Å². The Labute approximate surface area is 184 Å². The van der Waals surface area contributed by atoms with E-state index in [-0.39, 0.29) is 0 Å². The molecule has 0 radical (unpaired) electrons. The van der Waals surface area contributed by atoms with E-state index < -0.39 is 12.1 Å². The number of hydrogen-bond donors (Lipinski definition) is 4. The van der Waals surface area contributed by atoms with Crippen molar-refractivity contribution in [2.75, 3.05) is 0 Å². The van der Waals surface area contributed by atoms with Gasteiger partial charge in [-0.25, -0.2) is 20.4 Å². The molecular formula is C20H22Cl2N6O2. The Morgan fingerprint density at radius 1 is 0.700 bits per heavy atom. The number of primary amides is 2. The Bertz CT molecular complexity index is 850. The molecule has 6 N–H and O–H groups in total. The van der Waals surface area contributed by atoms with Crippen molar-refractivity contribution < 1.29 is 9.59 Å². The standard InChI is InChI=1S/C20H22Cl2N6O2/c21-15-9-5-13(6-10-15)17(25-27-19(23)29)3-1-2-4-18(26-28-20(24)30)14-7-11-16(22)12-8-14/h5-12H,1-4H2,(H3,23,27,29)(H3,24,28,30)/b25-17-,26-18+. The molecule has 0 saturated carbocycles. The highest BCUT2D eigenvalue weighted by Crippen LogP contribution is 2.16. The minimum Gasteiger partial charge on any atom is -0.350 e. The van der Waals surface area contributed by atoms with Crippen LogP contribution in [0.1, 0.15) is 36.8 Å². The van der Waals surface area contributed by atoms with E-state index in [9.17, 15) is 9.59 Å². The van der Waals surface area contributed by atoms with Gasteiger partial charge in [0.1, 0.15) is 0 Å². The summed E-state index contributed by atoms with van der Waals surface area (Å²) in [5.74, 6) is 0. The van der Waals surface area contributed by atoms with Crippen LogP contribution in [0.15, 0.2) is 58.7 Å². The van der Waals surface area contributed by atoms with Crippen LogP contribution in [-0.2, 0) is 0 Å². The van der Waals surface area contributed by atoms with Gasteiger partial charge < -0.3 is 11.5 Å². The molecule has 0 aromatic heterocycles. The van der Waals surface area contributed by atoms with Gasteiger partial charge in [0.25, 0.3) is 0 Å². The van der Waals surface area contributed by atoms with Gasteiger partial charge in [-0.05, 0) is 61.1 Å². The molecule has 30 heavy (non-hydrogen) atoms. The van der Waals surface area contributed by atoms with E-state index in [4.69, 9.17) is 34.7 Å². The first-order chi connectivity index (χ1) is 14.3. The highest BCUT2D eigenvalue weighted by Gasteiger charge is 2.08. The molecule has 0 spiro atoms. The predicted molar refractivity (Wildman–Crippen MR) is 120 cm³/mol. The molecule has 0 aliphatic heterocycles. The SMILES string of the molecule is NC(=O)N/N=C(/CCCC/C(=N\NC(N)=O)c1ccc(Cl)cc1)c1ccc(Cl)cc1. The summed E-state index contributed by atoms with van der Waals surface area (Å²) in [6, 6.07) is 12.8. The maximum absolute atomic E-state index is 11.0. The summed E-state index contributed by atoms with van der Waals surface area (Å²) in [6.07, 6.45) is 2.65. The number of hydrogen-bond acceptors (Lipinski definition) is 4. The highest BCUT2D eigenvalue weighted by atomic mass is 35.5. The van der Waals surface area contributed by atoms with E-state index in [1.807, 2.05) is 24.3 Å². The van der Waals surface area contributed by atoms with Crippen LogP contribution in [0.3, 0.4) is 0 Å². The Morgan fingerprint density at radius 3 is 1.33 bits per heavy atom. The van der Waals surface area contributed by atoms with Crippen LogP contribution in [0.4, 0.5) is 9.59 Å². The van der Waals surface area contributed by atoms with Crippen molar-refractivity contribution in [3.63, 3.8) is 0 Å². The van der Waals surface area contributed by atoms with Crippen molar-refractivity contribution in [1.82, 2.24) is 10.9 Å². The lowest BCUT2D eigenvalue weighted by Crippen LogP contribution is -2.26. The number of hydrazone groups is 2. The van der Waals surface area contributed by atoms with Crippen molar-refractivity contribution in [2.24, 2.45) is 21.7 Å². The first-order valence-corrected chi connectivity index (χ1v) is 9.86. The third-order valence-electron chi connectivity index (χ3n) is 4.03. The number of urea groups is 2. The fourth-order valence-electron chi connectivity index (χ4n) is 2.64. The smallest absolute Gasteiger partial charge is 0.332 e. The van der Waals surface area contributed by atoms with Crippen LogP contribution in [0, 0.1) is 0 Å². The molecule has 0 saturated heterocycles. The number of nitrogens with one attached hydrogen (secondary N) is 2. The van der Waals surface area contributed by atoms with Gasteiger partial charge in [0, 0.05) is 10.0 Å². The van der Waals surface area contributed by atoms with Gasteiger partial charge in [-0.15, -0.1) is 0 Å². The van der Waals surface area contributed by atoms with Crippen molar-refractivity contribution in [2.45, 2.75) is 25.7 Å². The fourth-order valence-corrected chi connectivity index (χ4v) is 2.90. The monoisotopic (exact) mass is 448 g/mol. The van der Waals surface area contributed by atoms with E-state index in [2.05, 4.69) is 21.1 Å². The average molecular weight is 449 g/mol. The molecule has 2 aromatic rings. The molecule has 0 aliphatic rings. The van der Waals surface area contributed by atoms with E-state index >= 15 is 0 Å². The molecule has 0 aliphatic carbocycles. The van der Waals surface area contributed by atoms with Crippen LogP contribution < -0.4 is 22.3 Å². The Hall–Kier alpha value is -3.10. The van der Waals surface area contributed by atoms with Crippen LogP contribution in [-0.4, -0.2) is 23.5 Å². The van der Waals surface area contributed by atoms with Gasteiger partial charge in [0.2, 0.25) is 0 Å². The molecule has 8 nitrogen and oxygen atoms in total. The third-order valence-corrected chi connectivity index (χ3v) is 4.54. The molecule has 0 bridgehead atoms. The first kappa shape index (κ1) is 23.2. The molecule has 0 atom stereocenters. The summed E-state index contributed by atoms with van der Waals surface area (Å²) in [6.45, 7) is 0. The molecule has 158 valence electrons. The molecule has 0 fully saturated rings. The first-order valence-electron chi connectivity index (χ1n) is 9.11. The van der Waals surface area contributed by atoms with Gasteiger partial charge in [-0.3, -0.25) is 0 Å². The maximum Gasteiger partial charge on any atom is 0.332 e. The molecule has 0 heterocycles. The Balaban J connectivity index is 2.04. The van der Waals surface area contributed by atoms with E-state index in [0.717, 1.165) is 24.0 Å². The highest BCUT2D eigenvalue weighted by molar-refractivity contribution is 6.31. The normalized spacial score (nSPS) is 11.8. The van der Waals surface area contributed by atoms with Gasteiger partial charge in [-0.1, -0.05) is 47.5 Å². The number of carbonyl (C=O) groups is 2. The Kier molecular flexibility index (Phi) is 9.11. The van der Waals surface area contributed by atoms with E-state index in [1.165, 1.54) is 0 Å². The van der Waals surface area contributed by atoms with E-state index in [0.29, 0.717) is 34.3 Å². The summed E-state index contributed by atoms with van der Waals surface area (Å²) in [5.41, 5.74) is 17.8. The summed E-state index contributed by atoms with van der Waals surface area (Å²) in [7, 11) is 0. The fraction of sp³-hybridized carbons (Fsp3) is 0.200. The van der Waals surface area contributed by atoms with E-state index in [1.54, 1.807) is 24.3 Å². The number of nitrogens with zero attached hydrogens (tertiary/aromatic N) is 2. The maximum atomic E-state index is 11.0. The van der Waals surface area contributed by atoms with Gasteiger partial charge >= 0.3 is 12.1 Å². The second-order valence-electron chi connectivity index (χ2n) is 6.29. The summed E-state index contributed by atoms with van der Waals surface area (Å²) < 4.78 is 0. The minimum atomic E-state index is -0.740. The molecule has 2 rings (SSSR count). The van der Waals surface area contributed by atoms with Crippen LogP contribution >= 0.6 is 23.2 Å². The lowest BCUT2D eigenvalue weighted by molar-refractivity contribution is 0.248. The van der Waals surface area contributed by atoms with Gasteiger partial charge in [0.15, 0.2) is 0 Å². The summed E-state index contributed by atoms with van der Waals surface area (Å²) >= 11 is 11.9. The predicted octanol–water partition coefficient (Wildman–Crippen LogP) is 4.00. The average Bonchev–Trinajstić information content (AvgIpc) is 2.71. The number of carbonyl (C=O) groups excluding carboxylic acids is 2. The zero-order chi connectivity index (χ0) is 21.9. The summed E-state index contributed by atoms with van der Waals surface area (Å²) in [4.78, 5) is 22.1. The zero-order valence-corrected chi connectivity index (χ0v) is 17.6. The number of amides is 4. The number of halogens is 2. The van der Waals surface area contributed by atoms with Gasteiger partial charge in [-0.2, -0.15) is 10.2 Å². The minimum absolute atomic E-state index is 0.582. The number of benzene rings is 2. The van der Waals surface area contributed by atoms with Crippen molar-refractivity contribution >= 4 is 46.7 Å². The number of unbranched alkanes of at least 4 members (excludes halogenated alkanes) is 1. The Morgan fingerprint density at radius 2 is 1.03 bits per heavy atom.